The van der Waals surface area contributed by atoms with Crippen molar-refractivity contribution in [1.82, 2.24) is 5.06 Å². The van der Waals surface area contributed by atoms with Crippen LogP contribution in [-0.2, 0) is 4.84 Å². The highest BCUT2D eigenvalue weighted by molar-refractivity contribution is 4.67. The molecule has 13 heavy (non-hydrogen) atoms. The van der Waals surface area contributed by atoms with Crippen molar-refractivity contribution in [2.45, 2.75) is 26.7 Å². The van der Waals surface area contributed by atoms with E-state index in [2.05, 4.69) is 18.9 Å². The second-order valence-corrected chi connectivity index (χ2v) is 4.17. The number of rotatable bonds is 4. The second kappa shape index (κ2) is 5.58. The first-order valence-electron chi connectivity index (χ1n) is 5.32. The topological polar surface area (TPSA) is 38.5 Å². The molecule has 0 saturated carbocycles. The minimum atomic E-state index is 0.568. The van der Waals surface area contributed by atoms with Gasteiger partial charge in [0.15, 0.2) is 0 Å². The van der Waals surface area contributed by atoms with Gasteiger partial charge in [-0.2, -0.15) is 5.06 Å². The zero-order valence-electron chi connectivity index (χ0n) is 8.83. The molecule has 0 aromatic rings. The molecule has 0 aromatic heterocycles. The highest BCUT2D eigenvalue weighted by atomic mass is 16.7. The van der Waals surface area contributed by atoms with Gasteiger partial charge >= 0.3 is 0 Å². The summed E-state index contributed by atoms with van der Waals surface area (Å²) in [5, 5.41) is 2.08. The summed E-state index contributed by atoms with van der Waals surface area (Å²) < 4.78 is 0. The fourth-order valence-corrected chi connectivity index (χ4v) is 1.61. The van der Waals surface area contributed by atoms with E-state index in [0.717, 1.165) is 26.2 Å². The first-order chi connectivity index (χ1) is 6.24. The van der Waals surface area contributed by atoms with E-state index in [9.17, 15) is 0 Å². The van der Waals surface area contributed by atoms with E-state index in [-0.39, 0.29) is 0 Å². The molecule has 3 nitrogen and oxygen atoms in total. The lowest BCUT2D eigenvalue weighted by molar-refractivity contribution is -0.188. The standard InChI is InChI=1S/C10H22N2O/c1-9(2)10(7-11)8-12-5-3-4-6-13-12/h9-10H,3-8,11H2,1-2H3. The molecule has 1 saturated heterocycles. The predicted octanol–water partition coefficient (Wildman–Crippen LogP) is 1.24. The van der Waals surface area contributed by atoms with E-state index >= 15 is 0 Å². The number of hydrogen-bond acceptors (Lipinski definition) is 3. The predicted molar refractivity (Wildman–Crippen MR) is 54.1 cm³/mol. The molecule has 1 aliphatic heterocycles. The van der Waals surface area contributed by atoms with E-state index in [0.29, 0.717) is 11.8 Å². The Kier molecular flexibility index (Phi) is 4.70. The van der Waals surface area contributed by atoms with Crippen molar-refractivity contribution in [1.29, 1.82) is 0 Å². The number of hydroxylamine groups is 2. The summed E-state index contributed by atoms with van der Waals surface area (Å²) in [4.78, 5) is 5.54. The molecule has 2 N–H and O–H groups in total. The molecule has 1 heterocycles. The Labute approximate surface area is 81.2 Å². The lowest BCUT2D eigenvalue weighted by Gasteiger charge is -2.30. The largest absolute Gasteiger partial charge is 0.330 e. The lowest BCUT2D eigenvalue weighted by Crippen LogP contribution is -2.38. The summed E-state index contributed by atoms with van der Waals surface area (Å²) >= 11 is 0. The maximum Gasteiger partial charge on any atom is 0.0685 e. The van der Waals surface area contributed by atoms with E-state index in [4.69, 9.17) is 10.6 Å². The van der Waals surface area contributed by atoms with Crippen LogP contribution in [-0.4, -0.2) is 31.3 Å². The molecule has 1 rings (SSSR count). The van der Waals surface area contributed by atoms with Gasteiger partial charge in [-0.1, -0.05) is 13.8 Å². The smallest absolute Gasteiger partial charge is 0.0685 e. The maximum atomic E-state index is 5.71. The number of nitrogens with two attached hydrogens (primary N) is 1. The van der Waals surface area contributed by atoms with Crippen LogP contribution in [0.3, 0.4) is 0 Å². The Morgan fingerprint density at radius 1 is 1.38 bits per heavy atom. The number of hydrogen-bond donors (Lipinski definition) is 1. The van der Waals surface area contributed by atoms with E-state index in [1.165, 1.54) is 12.8 Å². The molecular formula is C10H22N2O. The van der Waals surface area contributed by atoms with Crippen molar-refractivity contribution < 1.29 is 4.84 Å². The Morgan fingerprint density at radius 2 is 2.15 bits per heavy atom. The zero-order valence-corrected chi connectivity index (χ0v) is 8.83. The fraction of sp³-hybridized carbons (Fsp3) is 1.00. The van der Waals surface area contributed by atoms with Crippen molar-refractivity contribution in [2.75, 3.05) is 26.2 Å². The molecule has 0 radical (unpaired) electrons. The molecule has 0 bridgehead atoms. The van der Waals surface area contributed by atoms with Gasteiger partial charge < -0.3 is 5.73 Å². The Bertz CT molecular complexity index is 133. The third-order valence-corrected chi connectivity index (χ3v) is 2.76. The van der Waals surface area contributed by atoms with Crippen molar-refractivity contribution in [2.24, 2.45) is 17.6 Å². The SMILES string of the molecule is CC(C)C(CN)CN1CCCCO1. The lowest BCUT2D eigenvalue weighted by atomic mass is 9.96. The van der Waals surface area contributed by atoms with Crippen LogP contribution >= 0.6 is 0 Å². The van der Waals surface area contributed by atoms with Crippen LogP contribution in [0.4, 0.5) is 0 Å². The van der Waals surface area contributed by atoms with Gasteiger partial charge in [-0.15, -0.1) is 0 Å². The van der Waals surface area contributed by atoms with E-state index in [1.807, 2.05) is 0 Å². The highest BCUT2D eigenvalue weighted by Crippen LogP contribution is 2.14. The van der Waals surface area contributed by atoms with E-state index in [1.54, 1.807) is 0 Å². The molecule has 0 amide bonds. The average molecular weight is 186 g/mol. The molecule has 1 unspecified atom stereocenters. The third kappa shape index (κ3) is 3.63. The first kappa shape index (κ1) is 11.0. The van der Waals surface area contributed by atoms with Gasteiger partial charge in [-0.05, 0) is 31.2 Å². The van der Waals surface area contributed by atoms with Crippen LogP contribution in [0.1, 0.15) is 26.7 Å². The summed E-state index contributed by atoms with van der Waals surface area (Å²) in [7, 11) is 0. The summed E-state index contributed by atoms with van der Waals surface area (Å²) in [5.74, 6) is 1.22. The quantitative estimate of drug-likeness (QED) is 0.718. The normalized spacial score (nSPS) is 22.2. The van der Waals surface area contributed by atoms with Crippen LogP contribution in [0.25, 0.3) is 0 Å². The Morgan fingerprint density at radius 3 is 2.62 bits per heavy atom. The summed E-state index contributed by atoms with van der Waals surface area (Å²) in [5.41, 5.74) is 5.71. The van der Waals surface area contributed by atoms with Gasteiger partial charge in [0.2, 0.25) is 0 Å². The van der Waals surface area contributed by atoms with Gasteiger partial charge in [0.25, 0.3) is 0 Å². The minimum absolute atomic E-state index is 0.568. The first-order valence-corrected chi connectivity index (χ1v) is 5.32. The van der Waals surface area contributed by atoms with Crippen LogP contribution < -0.4 is 5.73 Å². The van der Waals surface area contributed by atoms with Crippen molar-refractivity contribution in [3.8, 4) is 0 Å². The van der Waals surface area contributed by atoms with Crippen LogP contribution in [0, 0.1) is 11.8 Å². The molecule has 0 aromatic carbocycles. The van der Waals surface area contributed by atoms with Crippen molar-refractivity contribution >= 4 is 0 Å². The molecule has 1 aliphatic rings. The van der Waals surface area contributed by atoms with Crippen LogP contribution in [0.5, 0.6) is 0 Å². The van der Waals surface area contributed by atoms with Gasteiger partial charge in [-0.25, -0.2) is 0 Å². The second-order valence-electron chi connectivity index (χ2n) is 4.17. The zero-order chi connectivity index (χ0) is 9.68. The number of nitrogens with zero attached hydrogens (tertiary/aromatic N) is 1. The summed E-state index contributed by atoms with van der Waals surface area (Å²) in [6, 6.07) is 0. The molecule has 1 fully saturated rings. The average Bonchev–Trinajstić information content (AvgIpc) is 2.15. The van der Waals surface area contributed by atoms with Gasteiger partial charge in [0, 0.05) is 13.1 Å². The summed E-state index contributed by atoms with van der Waals surface area (Å²) in [6.07, 6.45) is 2.46. The van der Waals surface area contributed by atoms with E-state index < -0.39 is 0 Å². The molecule has 0 spiro atoms. The van der Waals surface area contributed by atoms with Crippen molar-refractivity contribution in [3.05, 3.63) is 0 Å². The minimum Gasteiger partial charge on any atom is -0.330 e. The Hall–Kier alpha value is -0.120. The molecule has 1 atom stereocenters. The van der Waals surface area contributed by atoms with Gasteiger partial charge in [0.05, 0.1) is 6.61 Å². The molecular weight excluding hydrogens is 164 g/mol. The summed E-state index contributed by atoms with van der Waals surface area (Å²) in [6.45, 7) is 8.16. The molecule has 78 valence electrons. The van der Waals surface area contributed by atoms with Crippen molar-refractivity contribution in [3.63, 3.8) is 0 Å². The molecule has 0 aliphatic carbocycles. The van der Waals surface area contributed by atoms with Crippen LogP contribution in [0.2, 0.25) is 0 Å². The van der Waals surface area contributed by atoms with Crippen LogP contribution in [0.15, 0.2) is 0 Å². The maximum absolute atomic E-state index is 5.71. The monoisotopic (exact) mass is 186 g/mol. The highest BCUT2D eigenvalue weighted by Gasteiger charge is 2.18. The third-order valence-electron chi connectivity index (χ3n) is 2.76. The van der Waals surface area contributed by atoms with Gasteiger partial charge in [-0.3, -0.25) is 4.84 Å². The molecule has 3 heteroatoms. The Balaban J connectivity index is 2.27. The van der Waals surface area contributed by atoms with Gasteiger partial charge in [0.1, 0.15) is 0 Å². The fourth-order valence-electron chi connectivity index (χ4n) is 1.61.